The molecule has 0 rings (SSSR count). The molecule has 0 saturated carbocycles. The lowest BCUT2D eigenvalue weighted by atomic mass is 10.1. The van der Waals surface area contributed by atoms with Gasteiger partial charge in [-0.15, -0.1) is 0 Å². The maximum Gasteiger partial charge on any atom is 0.00769 e. The molecule has 0 saturated heterocycles. The van der Waals surface area contributed by atoms with Gasteiger partial charge >= 0.3 is 0 Å². The van der Waals surface area contributed by atoms with Gasteiger partial charge in [0.25, 0.3) is 0 Å². The predicted molar refractivity (Wildman–Crippen MR) is 50.7 cm³/mol. The Bertz CT molecular complexity index is 74.0. The van der Waals surface area contributed by atoms with Gasteiger partial charge in [0.2, 0.25) is 0 Å². The second-order valence-corrected chi connectivity index (χ2v) is 3.14. The molecule has 0 aliphatic rings. The first-order valence-electron chi connectivity index (χ1n) is 4.74. The van der Waals surface area contributed by atoms with Gasteiger partial charge in [0.05, 0.1) is 0 Å². The molecule has 3 N–H and O–H groups in total. The zero-order chi connectivity index (χ0) is 8.53. The van der Waals surface area contributed by atoms with Crippen LogP contribution in [0.5, 0.6) is 0 Å². The molecule has 0 aromatic heterocycles. The lowest BCUT2D eigenvalue weighted by Gasteiger charge is -2.11. The van der Waals surface area contributed by atoms with Crippen LogP contribution in [0, 0.1) is 0 Å². The molecule has 68 valence electrons. The molecule has 2 nitrogen and oxygen atoms in total. The maximum absolute atomic E-state index is 5.37. The first kappa shape index (κ1) is 10.9. The Kier molecular flexibility index (Phi) is 7.96. The minimum absolute atomic E-state index is 0.644. The first-order chi connectivity index (χ1) is 5.31. The third-order valence-electron chi connectivity index (χ3n) is 1.88. The molecule has 0 fully saturated rings. The molecular weight excluding hydrogens is 136 g/mol. The molecule has 0 aliphatic heterocycles. The van der Waals surface area contributed by atoms with Crippen molar-refractivity contribution in [2.75, 3.05) is 13.1 Å². The summed E-state index contributed by atoms with van der Waals surface area (Å²) in [6, 6.07) is 0.644. The Morgan fingerprint density at radius 2 is 2.09 bits per heavy atom. The number of nitrogens with one attached hydrogen (secondary N) is 1. The summed E-state index contributed by atoms with van der Waals surface area (Å²) in [7, 11) is 0. The van der Waals surface area contributed by atoms with Gasteiger partial charge in [-0.2, -0.15) is 0 Å². The molecular formula is C9H22N2. The topological polar surface area (TPSA) is 38.0 Å². The Morgan fingerprint density at radius 3 is 2.64 bits per heavy atom. The van der Waals surface area contributed by atoms with Gasteiger partial charge in [-0.1, -0.05) is 26.2 Å². The molecule has 1 unspecified atom stereocenters. The summed E-state index contributed by atoms with van der Waals surface area (Å²) in [5.41, 5.74) is 5.37. The maximum atomic E-state index is 5.37. The smallest absolute Gasteiger partial charge is 0.00769 e. The zero-order valence-electron chi connectivity index (χ0n) is 7.90. The highest BCUT2D eigenvalue weighted by Crippen LogP contribution is 2.01. The molecule has 2 heteroatoms. The van der Waals surface area contributed by atoms with Crippen LogP contribution >= 0.6 is 0 Å². The number of nitrogens with two attached hydrogens (primary N) is 1. The Hall–Kier alpha value is -0.0800. The van der Waals surface area contributed by atoms with Crippen molar-refractivity contribution in [2.45, 2.75) is 45.6 Å². The fourth-order valence-corrected chi connectivity index (χ4v) is 1.13. The second kappa shape index (κ2) is 8.02. The molecule has 0 aromatic carbocycles. The monoisotopic (exact) mass is 158 g/mol. The van der Waals surface area contributed by atoms with Crippen LogP contribution < -0.4 is 11.1 Å². The number of rotatable bonds is 7. The standard InChI is InChI=1S/C9H22N2/c1-3-4-5-6-9(2)11-8-7-10/h9,11H,3-8,10H2,1-2H3. The summed E-state index contributed by atoms with van der Waals surface area (Å²) in [6.45, 7) is 6.16. The van der Waals surface area contributed by atoms with Crippen molar-refractivity contribution in [3.05, 3.63) is 0 Å². The van der Waals surface area contributed by atoms with E-state index in [0.29, 0.717) is 6.04 Å². The van der Waals surface area contributed by atoms with Gasteiger partial charge in [-0.25, -0.2) is 0 Å². The highest BCUT2D eigenvalue weighted by molar-refractivity contribution is 4.60. The summed E-state index contributed by atoms with van der Waals surface area (Å²) < 4.78 is 0. The highest BCUT2D eigenvalue weighted by Gasteiger charge is 1.97. The first-order valence-corrected chi connectivity index (χ1v) is 4.74. The lowest BCUT2D eigenvalue weighted by molar-refractivity contribution is 0.493. The summed E-state index contributed by atoms with van der Waals surface area (Å²) in [5.74, 6) is 0. The van der Waals surface area contributed by atoms with Gasteiger partial charge in [0.15, 0.2) is 0 Å². The third kappa shape index (κ3) is 7.82. The molecule has 1 atom stereocenters. The van der Waals surface area contributed by atoms with Crippen molar-refractivity contribution in [3.63, 3.8) is 0 Å². The fraction of sp³-hybridized carbons (Fsp3) is 1.00. The predicted octanol–water partition coefficient (Wildman–Crippen LogP) is 1.50. The third-order valence-corrected chi connectivity index (χ3v) is 1.88. The molecule has 0 heterocycles. The van der Waals surface area contributed by atoms with Crippen molar-refractivity contribution in [1.82, 2.24) is 5.32 Å². The molecule has 0 radical (unpaired) electrons. The van der Waals surface area contributed by atoms with Crippen molar-refractivity contribution in [2.24, 2.45) is 5.73 Å². The van der Waals surface area contributed by atoms with E-state index in [1.807, 2.05) is 0 Å². The van der Waals surface area contributed by atoms with E-state index in [1.54, 1.807) is 0 Å². The van der Waals surface area contributed by atoms with Gasteiger partial charge in [-0.05, 0) is 13.3 Å². The van der Waals surface area contributed by atoms with Crippen LogP contribution in [0.1, 0.15) is 39.5 Å². The molecule has 0 bridgehead atoms. The largest absolute Gasteiger partial charge is 0.329 e. The van der Waals surface area contributed by atoms with Gasteiger partial charge in [0, 0.05) is 19.1 Å². The van der Waals surface area contributed by atoms with E-state index >= 15 is 0 Å². The molecule has 11 heavy (non-hydrogen) atoms. The van der Waals surface area contributed by atoms with Crippen LogP contribution in [-0.2, 0) is 0 Å². The Labute approximate surface area is 70.5 Å². The van der Waals surface area contributed by atoms with Gasteiger partial charge in [0.1, 0.15) is 0 Å². The van der Waals surface area contributed by atoms with Crippen LogP contribution in [0.3, 0.4) is 0 Å². The van der Waals surface area contributed by atoms with E-state index < -0.39 is 0 Å². The highest BCUT2D eigenvalue weighted by atomic mass is 14.9. The summed E-state index contributed by atoms with van der Waals surface area (Å²) in [5, 5.41) is 3.37. The molecule has 0 aromatic rings. The summed E-state index contributed by atoms with van der Waals surface area (Å²) in [6.07, 6.45) is 5.29. The Morgan fingerprint density at radius 1 is 1.36 bits per heavy atom. The summed E-state index contributed by atoms with van der Waals surface area (Å²) >= 11 is 0. The van der Waals surface area contributed by atoms with E-state index in [9.17, 15) is 0 Å². The van der Waals surface area contributed by atoms with Crippen molar-refractivity contribution in [1.29, 1.82) is 0 Å². The fourth-order valence-electron chi connectivity index (χ4n) is 1.13. The number of hydrogen-bond acceptors (Lipinski definition) is 2. The van der Waals surface area contributed by atoms with Gasteiger partial charge in [-0.3, -0.25) is 0 Å². The van der Waals surface area contributed by atoms with Crippen LogP contribution in [0.25, 0.3) is 0 Å². The minimum Gasteiger partial charge on any atom is -0.329 e. The SMILES string of the molecule is CCCCCC(C)NCCN. The van der Waals surface area contributed by atoms with E-state index in [2.05, 4.69) is 19.2 Å². The van der Waals surface area contributed by atoms with Crippen LogP contribution in [0.4, 0.5) is 0 Å². The minimum atomic E-state index is 0.644. The average molecular weight is 158 g/mol. The summed E-state index contributed by atoms with van der Waals surface area (Å²) in [4.78, 5) is 0. The normalized spacial score (nSPS) is 13.4. The number of hydrogen-bond donors (Lipinski definition) is 2. The van der Waals surface area contributed by atoms with E-state index in [0.717, 1.165) is 13.1 Å². The van der Waals surface area contributed by atoms with E-state index in [-0.39, 0.29) is 0 Å². The molecule has 0 amide bonds. The van der Waals surface area contributed by atoms with Crippen molar-refractivity contribution in [3.8, 4) is 0 Å². The Balaban J connectivity index is 3.02. The molecule has 0 aliphatic carbocycles. The number of unbranched alkanes of at least 4 members (excludes halogenated alkanes) is 2. The van der Waals surface area contributed by atoms with E-state index in [1.165, 1.54) is 25.7 Å². The van der Waals surface area contributed by atoms with Crippen molar-refractivity contribution < 1.29 is 0 Å². The van der Waals surface area contributed by atoms with E-state index in [4.69, 9.17) is 5.73 Å². The van der Waals surface area contributed by atoms with Crippen LogP contribution in [-0.4, -0.2) is 19.1 Å². The van der Waals surface area contributed by atoms with Gasteiger partial charge < -0.3 is 11.1 Å². The van der Waals surface area contributed by atoms with Crippen LogP contribution in [0.2, 0.25) is 0 Å². The van der Waals surface area contributed by atoms with Crippen LogP contribution in [0.15, 0.2) is 0 Å². The lowest BCUT2D eigenvalue weighted by Crippen LogP contribution is -2.30. The quantitative estimate of drug-likeness (QED) is 0.551. The zero-order valence-corrected chi connectivity index (χ0v) is 7.90. The second-order valence-electron chi connectivity index (χ2n) is 3.14. The van der Waals surface area contributed by atoms with Crippen molar-refractivity contribution >= 4 is 0 Å². The molecule has 0 spiro atoms. The average Bonchev–Trinajstić information content (AvgIpc) is 2.01.